The van der Waals surface area contributed by atoms with E-state index in [1.54, 1.807) is 0 Å². The molecule has 0 unspecified atom stereocenters. The molecule has 1 amide bonds. The Bertz CT molecular complexity index is 878. The average Bonchev–Trinajstić information content (AvgIpc) is 2.91. The summed E-state index contributed by atoms with van der Waals surface area (Å²) in [5.41, 5.74) is 4.55. The first-order chi connectivity index (χ1) is 11.7. The van der Waals surface area contributed by atoms with Crippen LogP contribution in [0.3, 0.4) is 0 Å². The smallest absolute Gasteiger partial charge is 0.255 e. The van der Waals surface area contributed by atoms with E-state index >= 15 is 0 Å². The Morgan fingerprint density at radius 1 is 1.21 bits per heavy atom. The summed E-state index contributed by atoms with van der Waals surface area (Å²) >= 11 is 0. The number of imidazole rings is 1. The highest BCUT2D eigenvalue weighted by molar-refractivity contribution is 6.04. The Kier molecular flexibility index (Phi) is 3.78. The molecule has 122 valence electrons. The van der Waals surface area contributed by atoms with E-state index in [4.69, 9.17) is 0 Å². The van der Waals surface area contributed by atoms with Crippen LogP contribution in [-0.2, 0) is 6.42 Å². The second-order valence-corrected chi connectivity index (χ2v) is 6.43. The summed E-state index contributed by atoms with van der Waals surface area (Å²) in [6, 6.07) is 13.6. The van der Waals surface area contributed by atoms with Crippen molar-refractivity contribution in [1.82, 2.24) is 15.3 Å². The topological polar surface area (TPSA) is 69.8 Å². The highest BCUT2D eigenvalue weighted by Crippen LogP contribution is 2.18. The van der Waals surface area contributed by atoms with Crippen LogP contribution in [0.15, 0.2) is 42.5 Å². The number of hydrogen-bond donors (Lipinski definition) is 3. The van der Waals surface area contributed by atoms with E-state index < -0.39 is 0 Å². The Morgan fingerprint density at radius 3 is 2.71 bits per heavy atom. The van der Waals surface area contributed by atoms with Crippen LogP contribution in [-0.4, -0.2) is 29.0 Å². The molecule has 1 aliphatic heterocycles. The molecule has 0 bridgehead atoms. The Morgan fingerprint density at radius 2 is 2.00 bits per heavy atom. The molecule has 0 spiro atoms. The third-order valence-electron chi connectivity index (χ3n) is 4.46. The number of aryl methyl sites for hydroxylation is 1. The van der Waals surface area contributed by atoms with Crippen molar-refractivity contribution in [3.8, 4) is 0 Å². The molecule has 1 aliphatic rings. The van der Waals surface area contributed by atoms with Crippen LogP contribution in [0.1, 0.15) is 21.7 Å². The number of rotatable bonds is 4. The molecule has 5 heteroatoms. The molecule has 1 fully saturated rings. The number of carbonyl (C=O) groups is 1. The first-order valence-corrected chi connectivity index (χ1v) is 8.25. The maximum atomic E-state index is 12.4. The lowest BCUT2D eigenvalue weighted by molar-refractivity contribution is 0.102. The van der Waals surface area contributed by atoms with Gasteiger partial charge in [-0.15, -0.1) is 0 Å². The molecule has 3 aromatic rings. The molecule has 0 aliphatic carbocycles. The van der Waals surface area contributed by atoms with Crippen molar-refractivity contribution in [2.75, 3.05) is 18.4 Å². The maximum absolute atomic E-state index is 12.4. The zero-order chi connectivity index (χ0) is 16.5. The number of H-pyrrole nitrogens is 1. The van der Waals surface area contributed by atoms with E-state index in [0.29, 0.717) is 5.56 Å². The van der Waals surface area contributed by atoms with Crippen molar-refractivity contribution >= 4 is 22.6 Å². The number of hydrogen-bond acceptors (Lipinski definition) is 3. The highest BCUT2D eigenvalue weighted by atomic mass is 16.1. The van der Waals surface area contributed by atoms with Gasteiger partial charge in [0.15, 0.2) is 0 Å². The molecule has 2 aromatic carbocycles. The summed E-state index contributed by atoms with van der Waals surface area (Å²) in [5.74, 6) is 1.50. The minimum atomic E-state index is -0.0950. The molecule has 0 radical (unpaired) electrons. The van der Waals surface area contributed by atoms with Gasteiger partial charge in [0.2, 0.25) is 0 Å². The highest BCUT2D eigenvalue weighted by Gasteiger charge is 2.17. The molecule has 0 saturated carbocycles. The average molecular weight is 320 g/mol. The van der Waals surface area contributed by atoms with Crippen LogP contribution in [0.2, 0.25) is 0 Å². The lowest BCUT2D eigenvalue weighted by Gasteiger charge is -2.27. The van der Waals surface area contributed by atoms with Crippen molar-refractivity contribution in [2.24, 2.45) is 5.92 Å². The van der Waals surface area contributed by atoms with Gasteiger partial charge in [-0.2, -0.15) is 0 Å². The molecule has 5 nitrogen and oxygen atoms in total. The fraction of sp³-hybridized carbons (Fsp3) is 0.263. The number of amides is 1. The van der Waals surface area contributed by atoms with Gasteiger partial charge in [-0.1, -0.05) is 12.1 Å². The van der Waals surface area contributed by atoms with Gasteiger partial charge < -0.3 is 15.6 Å². The fourth-order valence-corrected chi connectivity index (χ4v) is 3.04. The number of anilines is 1. The molecule has 1 aromatic heterocycles. The standard InChI is InChI=1S/C19H20N4O/c1-12-21-17-7-6-16(9-18(17)22-12)23-19(24)15-4-2-13(3-5-15)8-14-10-20-11-14/h2-7,9,14,20H,8,10-11H2,1H3,(H,21,22)(H,23,24). The van der Waals surface area contributed by atoms with Gasteiger partial charge in [0, 0.05) is 11.3 Å². The predicted molar refractivity (Wildman–Crippen MR) is 95.3 cm³/mol. The van der Waals surface area contributed by atoms with Gasteiger partial charge in [0.05, 0.1) is 11.0 Å². The number of aromatic amines is 1. The van der Waals surface area contributed by atoms with E-state index in [-0.39, 0.29) is 5.91 Å². The van der Waals surface area contributed by atoms with Gasteiger partial charge in [-0.05, 0) is 68.2 Å². The molecular formula is C19H20N4O. The fourth-order valence-electron chi connectivity index (χ4n) is 3.04. The normalized spacial score (nSPS) is 14.5. The lowest BCUT2D eigenvalue weighted by Crippen LogP contribution is -2.43. The Balaban J connectivity index is 1.45. The molecule has 0 atom stereocenters. The van der Waals surface area contributed by atoms with Gasteiger partial charge in [0.1, 0.15) is 5.82 Å². The lowest BCUT2D eigenvalue weighted by atomic mass is 9.94. The third kappa shape index (κ3) is 3.03. The first kappa shape index (κ1) is 14.9. The van der Waals surface area contributed by atoms with E-state index in [0.717, 1.165) is 48.0 Å². The van der Waals surface area contributed by atoms with Gasteiger partial charge in [-0.25, -0.2) is 4.98 Å². The van der Waals surface area contributed by atoms with Crippen LogP contribution in [0.4, 0.5) is 5.69 Å². The van der Waals surface area contributed by atoms with Crippen LogP contribution in [0.25, 0.3) is 11.0 Å². The van der Waals surface area contributed by atoms with E-state index in [1.807, 2.05) is 37.3 Å². The monoisotopic (exact) mass is 320 g/mol. The van der Waals surface area contributed by atoms with E-state index in [2.05, 4.69) is 32.7 Å². The van der Waals surface area contributed by atoms with Crippen molar-refractivity contribution in [3.05, 3.63) is 59.4 Å². The van der Waals surface area contributed by atoms with Crippen molar-refractivity contribution in [2.45, 2.75) is 13.3 Å². The van der Waals surface area contributed by atoms with Crippen LogP contribution in [0, 0.1) is 12.8 Å². The maximum Gasteiger partial charge on any atom is 0.255 e. The summed E-state index contributed by atoms with van der Waals surface area (Å²) in [4.78, 5) is 20.0. The third-order valence-corrected chi connectivity index (χ3v) is 4.46. The summed E-state index contributed by atoms with van der Waals surface area (Å²) in [7, 11) is 0. The minimum Gasteiger partial charge on any atom is -0.342 e. The minimum absolute atomic E-state index is 0.0950. The number of benzene rings is 2. The van der Waals surface area contributed by atoms with Crippen molar-refractivity contribution in [1.29, 1.82) is 0 Å². The molecule has 1 saturated heterocycles. The predicted octanol–water partition coefficient (Wildman–Crippen LogP) is 2.89. The number of aromatic nitrogens is 2. The van der Waals surface area contributed by atoms with Crippen LogP contribution in [0.5, 0.6) is 0 Å². The van der Waals surface area contributed by atoms with Gasteiger partial charge in [-0.3, -0.25) is 4.79 Å². The van der Waals surface area contributed by atoms with Crippen molar-refractivity contribution in [3.63, 3.8) is 0 Å². The molecule has 24 heavy (non-hydrogen) atoms. The zero-order valence-electron chi connectivity index (χ0n) is 13.6. The second kappa shape index (κ2) is 6.09. The van der Waals surface area contributed by atoms with E-state index in [9.17, 15) is 4.79 Å². The van der Waals surface area contributed by atoms with Crippen molar-refractivity contribution < 1.29 is 4.79 Å². The first-order valence-electron chi connectivity index (χ1n) is 8.25. The summed E-state index contributed by atoms with van der Waals surface area (Å²) in [5, 5.41) is 6.23. The van der Waals surface area contributed by atoms with Gasteiger partial charge in [0.25, 0.3) is 5.91 Å². The summed E-state index contributed by atoms with van der Waals surface area (Å²) in [6.45, 7) is 4.11. The summed E-state index contributed by atoms with van der Waals surface area (Å²) < 4.78 is 0. The Hall–Kier alpha value is -2.66. The van der Waals surface area contributed by atoms with Gasteiger partial charge >= 0.3 is 0 Å². The van der Waals surface area contributed by atoms with Crippen LogP contribution < -0.4 is 10.6 Å². The second-order valence-electron chi connectivity index (χ2n) is 6.43. The largest absolute Gasteiger partial charge is 0.342 e. The Labute approximate surface area is 140 Å². The molecule has 3 N–H and O–H groups in total. The van der Waals surface area contributed by atoms with Crippen LogP contribution >= 0.6 is 0 Å². The SMILES string of the molecule is Cc1nc2ccc(NC(=O)c3ccc(CC4CNC4)cc3)cc2[nH]1. The molecular weight excluding hydrogens is 300 g/mol. The number of carbonyl (C=O) groups excluding carboxylic acids is 1. The quantitative estimate of drug-likeness (QED) is 0.692. The summed E-state index contributed by atoms with van der Waals surface area (Å²) in [6.07, 6.45) is 1.07. The number of fused-ring (bicyclic) bond motifs is 1. The number of nitrogens with one attached hydrogen (secondary N) is 3. The van der Waals surface area contributed by atoms with E-state index in [1.165, 1.54) is 5.56 Å². The molecule has 2 heterocycles. The molecule has 4 rings (SSSR count). The number of nitrogens with zero attached hydrogens (tertiary/aromatic N) is 1. The zero-order valence-corrected chi connectivity index (χ0v) is 13.6.